The van der Waals surface area contributed by atoms with Crippen molar-refractivity contribution in [1.82, 2.24) is 0 Å². The van der Waals surface area contributed by atoms with Gasteiger partial charge in [0.25, 0.3) is 0 Å². The van der Waals surface area contributed by atoms with Gasteiger partial charge in [0.15, 0.2) is 0 Å². The van der Waals surface area contributed by atoms with Gasteiger partial charge in [-0.1, -0.05) is 30.3 Å². The molecule has 0 saturated carbocycles. The summed E-state index contributed by atoms with van der Waals surface area (Å²) < 4.78 is 11.2. The molecule has 0 radical (unpaired) electrons. The van der Waals surface area contributed by atoms with Gasteiger partial charge in [0.2, 0.25) is 0 Å². The van der Waals surface area contributed by atoms with Crippen LogP contribution in [0.2, 0.25) is 0 Å². The Morgan fingerprint density at radius 3 is 1.95 bits per heavy atom. The van der Waals surface area contributed by atoms with Gasteiger partial charge >= 0.3 is 0 Å². The van der Waals surface area contributed by atoms with E-state index in [9.17, 15) is 5.11 Å². The summed E-state index contributed by atoms with van der Waals surface area (Å²) in [7, 11) is 0. The minimum Gasteiger partial charge on any atom is -0.493 e. The third-order valence-electron chi connectivity index (χ3n) is 2.93. The van der Waals surface area contributed by atoms with E-state index in [1.165, 1.54) is 0 Å². The maximum absolute atomic E-state index is 9.41. The van der Waals surface area contributed by atoms with Crippen LogP contribution in [0.25, 0.3) is 0 Å². The lowest BCUT2D eigenvalue weighted by atomic mass is 10.1. The van der Waals surface area contributed by atoms with Crippen LogP contribution in [-0.2, 0) is 0 Å². The van der Waals surface area contributed by atoms with E-state index in [4.69, 9.17) is 9.47 Å². The number of aliphatic hydroxyl groups is 1. The van der Waals surface area contributed by atoms with E-state index >= 15 is 0 Å². The molecule has 0 amide bonds. The summed E-state index contributed by atoms with van der Waals surface area (Å²) in [6.07, 6.45) is 0.385. The first kappa shape index (κ1) is 14.4. The number of hydrogen-bond acceptors (Lipinski definition) is 3. The van der Waals surface area contributed by atoms with Gasteiger partial charge in [0, 0.05) is 6.42 Å². The summed E-state index contributed by atoms with van der Waals surface area (Å²) in [6.45, 7) is 2.99. The highest BCUT2D eigenvalue weighted by molar-refractivity contribution is 5.28. The smallest absolute Gasteiger partial charge is 0.119 e. The van der Waals surface area contributed by atoms with Crippen molar-refractivity contribution in [2.75, 3.05) is 13.2 Å². The maximum atomic E-state index is 9.41. The van der Waals surface area contributed by atoms with Gasteiger partial charge in [0.05, 0.1) is 19.3 Å². The summed E-state index contributed by atoms with van der Waals surface area (Å²) in [6, 6.07) is 17.3. The first-order valence-corrected chi connectivity index (χ1v) is 6.84. The van der Waals surface area contributed by atoms with E-state index in [0.29, 0.717) is 13.2 Å². The summed E-state index contributed by atoms with van der Waals surface area (Å²) in [5, 5.41) is 9.41. The first-order valence-electron chi connectivity index (χ1n) is 6.84. The highest BCUT2D eigenvalue weighted by Gasteiger charge is 2.00. The zero-order valence-corrected chi connectivity index (χ0v) is 11.7. The quantitative estimate of drug-likeness (QED) is 0.783. The molecule has 106 valence electrons. The molecule has 0 spiro atoms. The molecule has 3 nitrogen and oxygen atoms in total. The van der Waals surface area contributed by atoms with E-state index in [1.54, 1.807) is 6.92 Å². The van der Waals surface area contributed by atoms with Crippen LogP contribution in [0.15, 0.2) is 54.6 Å². The molecular formula is C17H20O3. The van der Waals surface area contributed by atoms with Crippen molar-refractivity contribution in [2.45, 2.75) is 19.4 Å². The normalized spacial score (nSPS) is 11.9. The molecule has 0 aliphatic carbocycles. The fourth-order valence-electron chi connectivity index (χ4n) is 1.80. The molecule has 2 aromatic carbocycles. The Morgan fingerprint density at radius 2 is 1.40 bits per heavy atom. The van der Waals surface area contributed by atoms with Gasteiger partial charge in [-0.3, -0.25) is 0 Å². The Bertz CT molecular complexity index is 491. The third-order valence-corrected chi connectivity index (χ3v) is 2.93. The topological polar surface area (TPSA) is 38.7 Å². The van der Waals surface area contributed by atoms with Crippen LogP contribution in [0.5, 0.6) is 11.5 Å². The zero-order chi connectivity index (χ0) is 14.2. The van der Waals surface area contributed by atoms with E-state index in [2.05, 4.69) is 0 Å². The number of rotatable bonds is 7. The minimum atomic E-state index is -0.441. The van der Waals surface area contributed by atoms with Gasteiger partial charge in [-0.2, -0.15) is 0 Å². The molecule has 0 saturated heterocycles. The molecule has 1 N–H and O–H groups in total. The average molecular weight is 272 g/mol. The largest absolute Gasteiger partial charge is 0.493 e. The number of benzene rings is 2. The molecule has 0 bridgehead atoms. The summed E-state index contributed by atoms with van der Waals surface area (Å²) >= 11 is 0. The van der Waals surface area contributed by atoms with Crippen LogP contribution in [0.3, 0.4) is 0 Å². The van der Waals surface area contributed by atoms with Crippen molar-refractivity contribution in [2.24, 2.45) is 0 Å². The van der Waals surface area contributed by atoms with Gasteiger partial charge < -0.3 is 14.6 Å². The van der Waals surface area contributed by atoms with Crippen molar-refractivity contribution in [3.8, 4) is 11.5 Å². The number of para-hydroxylation sites is 1. The Balaban J connectivity index is 1.66. The van der Waals surface area contributed by atoms with Crippen LogP contribution in [-0.4, -0.2) is 18.3 Å². The number of hydrogen-bond donors (Lipinski definition) is 1. The molecule has 0 aromatic heterocycles. The van der Waals surface area contributed by atoms with Crippen molar-refractivity contribution in [3.05, 3.63) is 60.2 Å². The van der Waals surface area contributed by atoms with Crippen LogP contribution < -0.4 is 9.47 Å². The molecule has 2 aromatic rings. The maximum Gasteiger partial charge on any atom is 0.119 e. The van der Waals surface area contributed by atoms with E-state index < -0.39 is 6.10 Å². The lowest BCUT2D eigenvalue weighted by molar-refractivity contribution is 0.199. The average Bonchev–Trinajstić information content (AvgIpc) is 2.48. The fraction of sp³-hybridized carbons (Fsp3) is 0.294. The molecule has 3 heteroatoms. The highest BCUT2D eigenvalue weighted by atomic mass is 16.5. The zero-order valence-electron chi connectivity index (χ0n) is 11.7. The molecule has 0 aliphatic heterocycles. The second kappa shape index (κ2) is 7.56. The molecule has 0 unspecified atom stereocenters. The van der Waals surface area contributed by atoms with Crippen LogP contribution >= 0.6 is 0 Å². The lowest BCUT2D eigenvalue weighted by Crippen LogP contribution is -2.05. The molecule has 0 heterocycles. The van der Waals surface area contributed by atoms with Crippen molar-refractivity contribution in [1.29, 1.82) is 0 Å². The van der Waals surface area contributed by atoms with E-state index in [0.717, 1.165) is 23.5 Å². The fourth-order valence-corrected chi connectivity index (χ4v) is 1.80. The first-order chi connectivity index (χ1) is 9.75. The third kappa shape index (κ3) is 4.59. The highest BCUT2D eigenvalue weighted by Crippen LogP contribution is 2.17. The summed E-state index contributed by atoms with van der Waals surface area (Å²) in [5.41, 5.74) is 0.893. The minimum absolute atomic E-state index is 0.441. The van der Waals surface area contributed by atoms with Crippen molar-refractivity contribution >= 4 is 0 Å². The molecule has 20 heavy (non-hydrogen) atoms. The van der Waals surface area contributed by atoms with Gasteiger partial charge in [-0.25, -0.2) is 0 Å². The molecule has 0 fully saturated rings. The molecule has 0 aliphatic rings. The van der Waals surface area contributed by atoms with Crippen LogP contribution in [0.4, 0.5) is 0 Å². The van der Waals surface area contributed by atoms with E-state index in [-0.39, 0.29) is 0 Å². The number of aliphatic hydroxyl groups excluding tert-OH is 1. The standard InChI is InChI=1S/C17H20O3/c1-14(18)15-8-10-17(11-9-15)20-13-5-12-19-16-6-3-2-4-7-16/h2-4,6-11,14,18H,5,12-13H2,1H3/t14-/m1/s1. The van der Waals surface area contributed by atoms with Crippen LogP contribution in [0, 0.1) is 0 Å². The van der Waals surface area contributed by atoms with Crippen molar-refractivity contribution < 1.29 is 14.6 Å². The Hall–Kier alpha value is -2.00. The molecule has 1 atom stereocenters. The van der Waals surface area contributed by atoms with Crippen LogP contribution in [0.1, 0.15) is 25.0 Å². The van der Waals surface area contributed by atoms with Gasteiger partial charge in [0.1, 0.15) is 11.5 Å². The van der Waals surface area contributed by atoms with Gasteiger partial charge in [-0.05, 0) is 36.8 Å². The molecule has 2 rings (SSSR count). The molecular weight excluding hydrogens is 252 g/mol. The predicted molar refractivity (Wildman–Crippen MR) is 79.1 cm³/mol. The monoisotopic (exact) mass is 272 g/mol. The SMILES string of the molecule is C[C@@H](O)c1ccc(OCCCOc2ccccc2)cc1. The van der Waals surface area contributed by atoms with Gasteiger partial charge in [-0.15, -0.1) is 0 Å². The Labute approximate surface area is 119 Å². The summed E-state index contributed by atoms with van der Waals surface area (Å²) in [4.78, 5) is 0. The Kier molecular flexibility index (Phi) is 5.44. The lowest BCUT2D eigenvalue weighted by Gasteiger charge is -2.09. The number of ether oxygens (including phenoxy) is 2. The van der Waals surface area contributed by atoms with E-state index in [1.807, 2.05) is 54.6 Å². The van der Waals surface area contributed by atoms with Crippen molar-refractivity contribution in [3.63, 3.8) is 0 Å². The Morgan fingerprint density at radius 1 is 0.850 bits per heavy atom. The predicted octanol–water partition coefficient (Wildman–Crippen LogP) is 3.59. The second-order valence-corrected chi connectivity index (χ2v) is 4.61. The second-order valence-electron chi connectivity index (χ2n) is 4.61. The summed E-state index contributed by atoms with van der Waals surface area (Å²) in [5.74, 6) is 1.70.